The van der Waals surface area contributed by atoms with Gasteiger partial charge in [-0.3, -0.25) is 0 Å². The van der Waals surface area contributed by atoms with Gasteiger partial charge in [-0.15, -0.1) is 0 Å². The number of esters is 1. The van der Waals surface area contributed by atoms with Crippen LogP contribution < -0.4 is 0 Å². The standard InChI is InChI=1S/C7H12O4.H3O4P/c1-2-7(9)11-6-5-10-4-3-8;1-5(2,3)4/h2,8H,1,3-6H2;(H3,1,2,3,4). The summed E-state index contributed by atoms with van der Waals surface area (Å²) in [6.45, 7) is 3.98. The Morgan fingerprint density at radius 2 is 1.75 bits per heavy atom. The van der Waals surface area contributed by atoms with E-state index in [1.165, 1.54) is 0 Å². The van der Waals surface area contributed by atoms with Gasteiger partial charge in [0.05, 0.1) is 19.8 Å². The van der Waals surface area contributed by atoms with Crippen molar-refractivity contribution in [1.29, 1.82) is 0 Å². The van der Waals surface area contributed by atoms with Crippen molar-refractivity contribution in [2.45, 2.75) is 0 Å². The van der Waals surface area contributed by atoms with Crippen LogP contribution in [0.1, 0.15) is 0 Å². The molecule has 0 bridgehead atoms. The van der Waals surface area contributed by atoms with E-state index < -0.39 is 13.8 Å². The highest BCUT2D eigenvalue weighted by Crippen LogP contribution is 2.25. The Bertz CT molecular complexity index is 226. The average Bonchev–Trinajstić information content (AvgIpc) is 2.14. The first-order valence-electron chi connectivity index (χ1n) is 4.07. The Kier molecular flexibility index (Phi) is 11.8. The van der Waals surface area contributed by atoms with Crippen LogP contribution in [-0.2, 0) is 18.8 Å². The molecule has 0 atom stereocenters. The molecule has 0 aliphatic rings. The Labute approximate surface area is 92.4 Å². The largest absolute Gasteiger partial charge is 0.466 e. The van der Waals surface area contributed by atoms with Gasteiger partial charge in [0.15, 0.2) is 0 Å². The molecule has 9 heteroatoms. The molecule has 0 saturated carbocycles. The molecule has 16 heavy (non-hydrogen) atoms. The molecule has 4 N–H and O–H groups in total. The maximum atomic E-state index is 10.4. The van der Waals surface area contributed by atoms with E-state index in [2.05, 4.69) is 11.3 Å². The Morgan fingerprint density at radius 3 is 2.12 bits per heavy atom. The van der Waals surface area contributed by atoms with E-state index in [4.69, 9.17) is 29.1 Å². The fraction of sp³-hybridized carbons (Fsp3) is 0.571. The summed E-state index contributed by atoms with van der Waals surface area (Å²) in [5.41, 5.74) is 0. The maximum Gasteiger partial charge on any atom is 0.466 e. The van der Waals surface area contributed by atoms with Gasteiger partial charge < -0.3 is 29.3 Å². The first-order valence-corrected chi connectivity index (χ1v) is 5.64. The molecule has 0 fully saturated rings. The number of carbonyl (C=O) groups is 1. The molecule has 0 aromatic rings. The predicted molar refractivity (Wildman–Crippen MR) is 53.3 cm³/mol. The molecule has 0 aliphatic heterocycles. The Morgan fingerprint density at radius 1 is 1.25 bits per heavy atom. The van der Waals surface area contributed by atoms with E-state index in [-0.39, 0.29) is 19.8 Å². The summed E-state index contributed by atoms with van der Waals surface area (Å²) in [7, 11) is -4.64. The van der Waals surface area contributed by atoms with Crippen molar-refractivity contribution in [3.63, 3.8) is 0 Å². The van der Waals surface area contributed by atoms with E-state index in [1.807, 2.05) is 0 Å². The summed E-state index contributed by atoms with van der Waals surface area (Å²) < 4.78 is 18.3. The molecule has 0 amide bonds. The monoisotopic (exact) mass is 258 g/mol. The van der Waals surface area contributed by atoms with Gasteiger partial charge in [0, 0.05) is 6.08 Å². The van der Waals surface area contributed by atoms with Gasteiger partial charge in [0.1, 0.15) is 6.61 Å². The summed E-state index contributed by atoms with van der Waals surface area (Å²) in [4.78, 5) is 32.0. The minimum Gasteiger partial charge on any atom is -0.460 e. The zero-order valence-corrected chi connectivity index (χ0v) is 9.38. The molecule has 0 spiro atoms. The third-order valence-electron chi connectivity index (χ3n) is 0.874. The Hall–Kier alpha value is -0.760. The molecule has 0 unspecified atom stereocenters. The second-order valence-electron chi connectivity index (χ2n) is 2.22. The van der Waals surface area contributed by atoms with Crippen molar-refractivity contribution in [1.82, 2.24) is 0 Å². The van der Waals surface area contributed by atoms with E-state index in [9.17, 15) is 4.79 Å². The number of ether oxygens (including phenoxy) is 2. The van der Waals surface area contributed by atoms with Crippen LogP contribution in [0.5, 0.6) is 0 Å². The van der Waals surface area contributed by atoms with Crippen LogP contribution in [0.3, 0.4) is 0 Å². The van der Waals surface area contributed by atoms with Gasteiger partial charge in [-0.2, -0.15) is 0 Å². The third kappa shape index (κ3) is 29.2. The highest BCUT2D eigenvalue weighted by molar-refractivity contribution is 7.45. The van der Waals surface area contributed by atoms with Gasteiger partial charge in [-0.25, -0.2) is 9.36 Å². The van der Waals surface area contributed by atoms with Crippen LogP contribution >= 0.6 is 7.82 Å². The van der Waals surface area contributed by atoms with E-state index >= 15 is 0 Å². The minimum atomic E-state index is -4.64. The second-order valence-corrected chi connectivity index (χ2v) is 3.25. The van der Waals surface area contributed by atoms with Gasteiger partial charge in [0.2, 0.25) is 0 Å². The van der Waals surface area contributed by atoms with E-state index in [0.29, 0.717) is 6.61 Å². The molecule has 0 aromatic carbocycles. The molecule has 0 aromatic heterocycles. The smallest absolute Gasteiger partial charge is 0.460 e. The second kappa shape index (κ2) is 10.7. The zero-order valence-electron chi connectivity index (χ0n) is 8.48. The zero-order chi connectivity index (χ0) is 13.0. The molecule has 0 radical (unpaired) electrons. The van der Waals surface area contributed by atoms with Crippen LogP contribution in [0, 0.1) is 0 Å². The normalized spacial score (nSPS) is 10.0. The lowest BCUT2D eigenvalue weighted by Gasteiger charge is -2.01. The summed E-state index contributed by atoms with van der Waals surface area (Å²) in [6.07, 6.45) is 1.09. The topological polar surface area (TPSA) is 134 Å². The van der Waals surface area contributed by atoms with Crippen LogP contribution in [0.4, 0.5) is 0 Å². The molecule has 8 nitrogen and oxygen atoms in total. The summed E-state index contributed by atoms with van der Waals surface area (Å²) in [5, 5.41) is 8.27. The first-order chi connectivity index (χ1) is 7.31. The fourth-order valence-corrected chi connectivity index (χ4v) is 0.427. The third-order valence-corrected chi connectivity index (χ3v) is 0.874. The lowest BCUT2D eigenvalue weighted by atomic mass is 10.6. The fourth-order valence-electron chi connectivity index (χ4n) is 0.427. The number of hydrogen-bond acceptors (Lipinski definition) is 5. The number of hydrogen-bond donors (Lipinski definition) is 4. The average molecular weight is 258 g/mol. The van der Waals surface area contributed by atoms with Crippen molar-refractivity contribution < 1.29 is 38.6 Å². The lowest BCUT2D eigenvalue weighted by Crippen LogP contribution is -2.09. The summed E-state index contributed by atoms with van der Waals surface area (Å²) in [5.74, 6) is -0.461. The van der Waals surface area contributed by atoms with Crippen LogP contribution in [-0.4, -0.2) is 52.2 Å². The van der Waals surface area contributed by atoms with Crippen LogP contribution in [0.15, 0.2) is 12.7 Å². The molecule has 0 aliphatic carbocycles. The Balaban J connectivity index is 0. The van der Waals surface area contributed by atoms with Gasteiger partial charge in [0.25, 0.3) is 0 Å². The predicted octanol–water partition coefficient (Wildman–Crippen LogP) is -1.20. The number of rotatable bonds is 6. The van der Waals surface area contributed by atoms with E-state index in [1.54, 1.807) is 0 Å². The van der Waals surface area contributed by atoms with Crippen LogP contribution in [0.25, 0.3) is 0 Å². The molecule has 0 saturated heterocycles. The van der Waals surface area contributed by atoms with Gasteiger partial charge in [-0.1, -0.05) is 6.58 Å². The number of carbonyl (C=O) groups excluding carboxylic acids is 1. The molecule has 0 heterocycles. The van der Waals surface area contributed by atoms with Crippen molar-refractivity contribution in [2.24, 2.45) is 0 Å². The van der Waals surface area contributed by atoms with Crippen LogP contribution in [0.2, 0.25) is 0 Å². The van der Waals surface area contributed by atoms with Crippen molar-refractivity contribution in [3.8, 4) is 0 Å². The number of phosphoric acid groups is 1. The quantitative estimate of drug-likeness (QED) is 0.202. The molecule has 0 rings (SSSR count). The number of aliphatic hydroxyl groups excluding tert-OH is 1. The molecule has 96 valence electrons. The SMILES string of the molecule is C=CC(=O)OCCOCCO.O=P(O)(O)O. The molecular weight excluding hydrogens is 243 g/mol. The highest BCUT2D eigenvalue weighted by atomic mass is 31.2. The van der Waals surface area contributed by atoms with Crippen molar-refractivity contribution in [2.75, 3.05) is 26.4 Å². The van der Waals surface area contributed by atoms with Crippen molar-refractivity contribution in [3.05, 3.63) is 12.7 Å². The van der Waals surface area contributed by atoms with Crippen molar-refractivity contribution >= 4 is 13.8 Å². The van der Waals surface area contributed by atoms with Gasteiger partial charge in [-0.05, 0) is 0 Å². The lowest BCUT2D eigenvalue weighted by molar-refractivity contribution is -0.139. The highest BCUT2D eigenvalue weighted by Gasteiger charge is 2.00. The molecular formula is C7H15O8P. The summed E-state index contributed by atoms with van der Waals surface area (Å²) >= 11 is 0. The summed E-state index contributed by atoms with van der Waals surface area (Å²) in [6, 6.07) is 0. The van der Waals surface area contributed by atoms with Gasteiger partial charge >= 0.3 is 13.8 Å². The maximum absolute atomic E-state index is 10.4. The number of aliphatic hydroxyl groups is 1. The van der Waals surface area contributed by atoms with E-state index in [0.717, 1.165) is 6.08 Å². The first kappa shape index (κ1) is 17.6. The minimum absolute atomic E-state index is 0.0184.